The lowest BCUT2D eigenvalue weighted by Crippen LogP contribution is -2.14. The quantitative estimate of drug-likeness (QED) is 0.657. The minimum absolute atomic E-state index is 0.417. The van der Waals surface area contributed by atoms with Gasteiger partial charge < -0.3 is 11.1 Å². The van der Waals surface area contributed by atoms with Crippen molar-refractivity contribution >= 4 is 34.7 Å². The van der Waals surface area contributed by atoms with Crippen molar-refractivity contribution in [1.82, 2.24) is 9.78 Å². The van der Waals surface area contributed by atoms with E-state index in [1.54, 1.807) is 11.8 Å². The summed E-state index contributed by atoms with van der Waals surface area (Å²) in [5, 5.41) is 7.65. The number of thiocarbonyl (C=S) groups is 1. The van der Waals surface area contributed by atoms with E-state index in [0.717, 1.165) is 27.4 Å². The van der Waals surface area contributed by atoms with Crippen molar-refractivity contribution in [1.29, 1.82) is 0 Å². The Bertz CT molecular complexity index is 634. The van der Waals surface area contributed by atoms with Crippen molar-refractivity contribution in [3.8, 4) is 0 Å². The summed E-state index contributed by atoms with van der Waals surface area (Å²) in [6.07, 6.45) is 3.90. The summed E-state index contributed by atoms with van der Waals surface area (Å²) in [5.74, 6) is 0. The fourth-order valence-corrected chi connectivity index (χ4v) is 2.93. The molecule has 4 nitrogen and oxygen atoms in total. The first-order valence-corrected chi connectivity index (χ1v) is 7.86. The van der Waals surface area contributed by atoms with Crippen LogP contribution >= 0.6 is 24.0 Å². The number of nitrogens with one attached hydrogen (secondary N) is 1. The number of rotatable bonds is 5. The van der Waals surface area contributed by atoms with Crippen LogP contribution in [0, 0.1) is 6.92 Å². The van der Waals surface area contributed by atoms with Crippen LogP contribution in [-0.2, 0) is 13.6 Å². The maximum atomic E-state index is 5.86. The Morgan fingerprint density at radius 1 is 1.50 bits per heavy atom. The highest BCUT2D eigenvalue weighted by atomic mass is 32.2. The highest BCUT2D eigenvalue weighted by molar-refractivity contribution is 7.98. The summed E-state index contributed by atoms with van der Waals surface area (Å²) < 4.78 is 1.86. The number of benzene rings is 1. The van der Waals surface area contributed by atoms with Crippen LogP contribution in [0.2, 0.25) is 0 Å². The number of hydrogen-bond acceptors (Lipinski definition) is 4. The molecule has 1 heterocycles. The minimum Gasteiger partial charge on any atom is -0.389 e. The number of aromatic nitrogens is 2. The van der Waals surface area contributed by atoms with Crippen LogP contribution in [0.3, 0.4) is 0 Å². The van der Waals surface area contributed by atoms with Crippen molar-refractivity contribution in [3.63, 3.8) is 0 Å². The van der Waals surface area contributed by atoms with E-state index in [4.69, 9.17) is 18.0 Å². The van der Waals surface area contributed by atoms with Gasteiger partial charge in [-0.1, -0.05) is 18.3 Å². The number of hydrogen-bond donors (Lipinski definition) is 2. The molecule has 2 rings (SSSR count). The van der Waals surface area contributed by atoms with Crippen LogP contribution in [0.1, 0.15) is 16.8 Å². The molecule has 0 fully saturated rings. The third-order valence-corrected chi connectivity index (χ3v) is 4.28. The van der Waals surface area contributed by atoms with E-state index in [1.165, 1.54) is 0 Å². The van der Waals surface area contributed by atoms with Crippen molar-refractivity contribution in [2.45, 2.75) is 18.4 Å². The summed E-state index contributed by atoms with van der Waals surface area (Å²) in [6, 6.07) is 6.03. The molecule has 0 aliphatic heterocycles. The van der Waals surface area contributed by atoms with Gasteiger partial charge >= 0.3 is 0 Å². The van der Waals surface area contributed by atoms with E-state index in [-0.39, 0.29) is 0 Å². The normalized spacial score (nSPS) is 10.6. The predicted molar refractivity (Wildman–Crippen MR) is 89.4 cm³/mol. The molecule has 1 aromatic heterocycles. The Morgan fingerprint density at radius 3 is 2.80 bits per heavy atom. The molecule has 0 aliphatic rings. The van der Waals surface area contributed by atoms with E-state index in [2.05, 4.69) is 17.3 Å². The molecule has 2 aromatic rings. The number of anilines is 1. The highest BCUT2D eigenvalue weighted by Crippen LogP contribution is 2.27. The fourth-order valence-electron chi connectivity index (χ4n) is 2.01. The largest absolute Gasteiger partial charge is 0.389 e. The summed E-state index contributed by atoms with van der Waals surface area (Å²) in [5.41, 5.74) is 10.0. The minimum atomic E-state index is 0.417. The van der Waals surface area contributed by atoms with Gasteiger partial charge in [-0.15, -0.1) is 11.8 Å². The molecule has 106 valence electrons. The molecule has 0 saturated heterocycles. The first-order valence-electron chi connectivity index (χ1n) is 6.22. The van der Waals surface area contributed by atoms with Gasteiger partial charge in [0.05, 0.1) is 6.20 Å². The number of aryl methyl sites for hydroxylation is 1. The molecule has 0 atom stereocenters. The molecule has 0 radical (unpaired) electrons. The van der Waals surface area contributed by atoms with E-state index < -0.39 is 0 Å². The molecule has 6 heteroatoms. The molecule has 0 aliphatic carbocycles. The van der Waals surface area contributed by atoms with Crippen molar-refractivity contribution < 1.29 is 0 Å². The monoisotopic (exact) mass is 306 g/mol. The third-order valence-electron chi connectivity index (χ3n) is 3.30. The Morgan fingerprint density at radius 2 is 2.25 bits per heavy atom. The van der Waals surface area contributed by atoms with E-state index >= 15 is 0 Å². The smallest absolute Gasteiger partial charge is 0.107 e. The van der Waals surface area contributed by atoms with Crippen molar-refractivity contribution in [3.05, 3.63) is 41.2 Å². The zero-order chi connectivity index (χ0) is 14.7. The van der Waals surface area contributed by atoms with Crippen molar-refractivity contribution in [2.24, 2.45) is 12.8 Å². The van der Waals surface area contributed by atoms with Gasteiger partial charge in [0.25, 0.3) is 0 Å². The van der Waals surface area contributed by atoms with Gasteiger partial charge in [0.15, 0.2) is 0 Å². The molecule has 20 heavy (non-hydrogen) atoms. The Kier molecular flexibility index (Phi) is 4.67. The molecular formula is C14H18N4S2. The second-order valence-corrected chi connectivity index (χ2v) is 5.77. The zero-order valence-electron chi connectivity index (χ0n) is 11.8. The lowest BCUT2D eigenvalue weighted by Gasteiger charge is -2.14. The van der Waals surface area contributed by atoms with Crippen LogP contribution in [0.25, 0.3) is 0 Å². The average molecular weight is 306 g/mol. The molecule has 0 unspecified atom stereocenters. The van der Waals surface area contributed by atoms with E-state index in [9.17, 15) is 0 Å². The van der Waals surface area contributed by atoms with Crippen LogP contribution in [0.4, 0.5) is 5.69 Å². The average Bonchev–Trinajstić information content (AvgIpc) is 2.75. The van der Waals surface area contributed by atoms with E-state index in [1.807, 2.05) is 42.4 Å². The number of nitrogens with two attached hydrogens (primary N) is 1. The van der Waals surface area contributed by atoms with Gasteiger partial charge in [0, 0.05) is 41.0 Å². The van der Waals surface area contributed by atoms with E-state index in [0.29, 0.717) is 11.5 Å². The second-order valence-electron chi connectivity index (χ2n) is 4.48. The first-order chi connectivity index (χ1) is 9.54. The molecular weight excluding hydrogens is 288 g/mol. The maximum Gasteiger partial charge on any atom is 0.107 e. The van der Waals surface area contributed by atoms with Crippen LogP contribution in [-0.4, -0.2) is 21.0 Å². The molecule has 3 N–H and O–H groups in total. The Hall–Kier alpha value is -1.53. The molecule has 0 saturated carbocycles. The molecule has 0 spiro atoms. The summed E-state index contributed by atoms with van der Waals surface area (Å²) in [7, 11) is 1.94. The topological polar surface area (TPSA) is 55.9 Å². The standard InChI is InChI=1S/C14H18N4S2/c1-9-10(8-17-18(9)2)7-16-11-5-4-6-12(20-3)13(11)14(15)19/h4-6,8,16H,7H2,1-3H3,(H2,15,19). The van der Waals surface area contributed by atoms with Gasteiger partial charge in [0.1, 0.15) is 4.99 Å². The number of thioether (sulfide) groups is 1. The summed E-state index contributed by atoms with van der Waals surface area (Å²) in [6.45, 7) is 2.75. The van der Waals surface area contributed by atoms with Crippen molar-refractivity contribution in [2.75, 3.05) is 11.6 Å². The van der Waals surface area contributed by atoms with Gasteiger partial charge in [-0.2, -0.15) is 5.10 Å². The van der Waals surface area contributed by atoms with Gasteiger partial charge in [-0.05, 0) is 25.3 Å². The zero-order valence-corrected chi connectivity index (χ0v) is 13.4. The van der Waals surface area contributed by atoms with Gasteiger partial charge in [0.2, 0.25) is 0 Å². The first kappa shape index (κ1) is 14.9. The second kappa shape index (κ2) is 6.28. The van der Waals surface area contributed by atoms with Crippen LogP contribution in [0.15, 0.2) is 29.3 Å². The summed E-state index contributed by atoms with van der Waals surface area (Å²) >= 11 is 6.82. The van der Waals surface area contributed by atoms with Crippen LogP contribution in [0.5, 0.6) is 0 Å². The molecule has 0 bridgehead atoms. The fraction of sp³-hybridized carbons (Fsp3) is 0.286. The van der Waals surface area contributed by atoms with Crippen LogP contribution < -0.4 is 11.1 Å². The molecule has 1 aromatic carbocycles. The lowest BCUT2D eigenvalue weighted by atomic mass is 10.1. The SMILES string of the molecule is CSc1cccc(NCc2cnn(C)c2C)c1C(N)=S. The maximum absolute atomic E-state index is 5.86. The third kappa shape index (κ3) is 2.96. The predicted octanol–water partition coefficient (Wildman–Crippen LogP) is 2.70. The summed E-state index contributed by atoms with van der Waals surface area (Å²) in [4.78, 5) is 1.51. The lowest BCUT2D eigenvalue weighted by molar-refractivity contribution is 0.738. The van der Waals surface area contributed by atoms with Gasteiger partial charge in [-0.25, -0.2) is 0 Å². The Labute approximate surface area is 128 Å². The highest BCUT2D eigenvalue weighted by Gasteiger charge is 2.11. The number of nitrogens with zero attached hydrogens (tertiary/aromatic N) is 2. The Balaban J connectivity index is 2.25. The molecule has 0 amide bonds. The van der Waals surface area contributed by atoms with Gasteiger partial charge in [-0.3, -0.25) is 4.68 Å².